The first-order chi connectivity index (χ1) is 7.19. The molecule has 5 heteroatoms. The summed E-state index contributed by atoms with van der Waals surface area (Å²) in [6, 6.07) is 3.94. The van der Waals surface area contributed by atoms with Crippen molar-refractivity contribution in [2.75, 3.05) is 7.11 Å². The van der Waals surface area contributed by atoms with Gasteiger partial charge in [0.2, 0.25) is 0 Å². The highest BCUT2D eigenvalue weighted by Gasteiger charge is 2.07. The van der Waals surface area contributed by atoms with Crippen LogP contribution in [0.3, 0.4) is 0 Å². The second-order valence-electron chi connectivity index (χ2n) is 3.10. The largest absolute Gasteiger partial charge is 0.469 e. The van der Waals surface area contributed by atoms with E-state index >= 15 is 0 Å². The van der Waals surface area contributed by atoms with Gasteiger partial charge in [-0.1, -0.05) is 0 Å². The minimum atomic E-state index is -0.270. The molecule has 0 radical (unpaired) electrons. The summed E-state index contributed by atoms with van der Waals surface area (Å²) in [5.74, 6) is -0.270. The van der Waals surface area contributed by atoms with Gasteiger partial charge in [0.25, 0.3) is 0 Å². The Balaban J connectivity index is 2.34. The van der Waals surface area contributed by atoms with Crippen molar-refractivity contribution in [3.63, 3.8) is 0 Å². The summed E-state index contributed by atoms with van der Waals surface area (Å²) in [5, 5.41) is 0. The van der Waals surface area contributed by atoms with Crippen LogP contribution in [0.4, 0.5) is 0 Å². The van der Waals surface area contributed by atoms with Gasteiger partial charge in [0, 0.05) is 16.0 Å². The lowest BCUT2D eigenvalue weighted by atomic mass is 10.3. The summed E-state index contributed by atoms with van der Waals surface area (Å²) in [6.45, 7) is 0. The normalized spacial score (nSPS) is 10.5. The van der Waals surface area contributed by atoms with Gasteiger partial charge in [0.1, 0.15) is 5.65 Å². The smallest absolute Gasteiger partial charge is 0.311 e. The highest BCUT2D eigenvalue weighted by atomic mass is 127. The van der Waals surface area contributed by atoms with Gasteiger partial charge in [-0.25, -0.2) is 4.98 Å². The van der Waals surface area contributed by atoms with Crippen LogP contribution in [0.1, 0.15) is 5.69 Å². The van der Waals surface area contributed by atoms with Gasteiger partial charge in [-0.3, -0.25) is 4.79 Å². The maximum atomic E-state index is 11.1. The van der Waals surface area contributed by atoms with E-state index in [1.807, 2.05) is 28.9 Å². The lowest BCUT2D eigenvalue weighted by Crippen LogP contribution is -2.04. The average Bonchev–Trinajstić information content (AvgIpc) is 2.59. The van der Waals surface area contributed by atoms with E-state index in [1.165, 1.54) is 7.11 Å². The van der Waals surface area contributed by atoms with Crippen LogP contribution in [-0.4, -0.2) is 22.5 Å². The molecule has 0 amide bonds. The van der Waals surface area contributed by atoms with Crippen LogP contribution in [0.2, 0.25) is 0 Å². The summed E-state index contributed by atoms with van der Waals surface area (Å²) in [7, 11) is 1.38. The van der Waals surface area contributed by atoms with Crippen LogP contribution in [-0.2, 0) is 16.0 Å². The van der Waals surface area contributed by atoms with E-state index in [9.17, 15) is 4.79 Å². The van der Waals surface area contributed by atoms with Gasteiger partial charge in [0.05, 0.1) is 19.2 Å². The monoisotopic (exact) mass is 316 g/mol. The van der Waals surface area contributed by atoms with Crippen LogP contribution in [0.25, 0.3) is 5.65 Å². The highest BCUT2D eigenvalue weighted by Crippen LogP contribution is 2.10. The molecule has 0 fully saturated rings. The topological polar surface area (TPSA) is 43.6 Å². The molecule has 15 heavy (non-hydrogen) atoms. The van der Waals surface area contributed by atoms with Gasteiger partial charge in [-0.2, -0.15) is 0 Å². The molecule has 0 unspecified atom stereocenters. The van der Waals surface area contributed by atoms with E-state index < -0.39 is 0 Å². The lowest BCUT2D eigenvalue weighted by Gasteiger charge is -1.92. The second-order valence-corrected chi connectivity index (χ2v) is 4.34. The zero-order valence-electron chi connectivity index (χ0n) is 8.11. The fraction of sp³-hybridized carbons (Fsp3) is 0.200. The molecule has 78 valence electrons. The van der Waals surface area contributed by atoms with E-state index in [1.54, 1.807) is 0 Å². The molecule has 0 bridgehead atoms. The summed E-state index contributed by atoms with van der Waals surface area (Å²) in [5.41, 5.74) is 1.57. The number of imidazole rings is 1. The zero-order valence-corrected chi connectivity index (χ0v) is 10.3. The summed E-state index contributed by atoms with van der Waals surface area (Å²) in [6.07, 6.45) is 3.97. The number of hydrogen-bond donors (Lipinski definition) is 0. The number of carbonyl (C=O) groups excluding carboxylic acids is 1. The molecule has 0 spiro atoms. The van der Waals surface area contributed by atoms with E-state index in [-0.39, 0.29) is 12.4 Å². The van der Waals surface area contributed by atoms with Gasteiger partial charge >= 0.3 is 5.97 Å². The Hall–Kier alpha value is -1.11. The quantitative estimate of drug-likeness (QED) is 0.625. The number of pyridine rings is 1. The Labute approximate surface area is 100 Å². The van der Waals surface area contributed by atoms with E-state index in [0.29, 0.717) is 0 Å². The molecule has 0 N–H and O–H groups in total. The molecular formula is C10H9IN2O2. The third-order valence-electron chi connectivity index (χ3n) is 2.03. The summed E-state index contributed by atoms with van der Waals surface area (Å²) < 4.78 is 7.59. The minimum Gasteiger partial charge on any atom is -0.469 e. The van der Waals surface area contributed by atoms with Crippen molar-refractivity contribution in [1.82, 2.24) is 9.38 Å². The number of nitrogens with zero attached hydrogens (tertiary/aromatic N) is 2. The van der Waals surface area contributed by atoms with Crippen molar-refractivity contribution in [2.45, 2.75) is 6.42 Å². The van der Waals surface area contributed by atoms with E-state index in [0.717, 1.165) is 14.9 Å². The molecule has 0 aliphatic rings. The van der Waals surface area contributed by atoms with Crippen LogP contribution < -0.4 is 0 Å². The molecule has 2 aromatic heterocycles. The maximum absolute atomic E-state index is 11.1. The van der Waals surface area contributed by atoms with Crippen molar-refractivity contribution >= 4 is 34.2 Å². The Kier molecular flexibility index (Phi) is 2.90. The van der Waals surface area contributed by atoms with Crippen molar-refractivity contribution in [2.24, 2.45) is 0 Å². The van der Waals surface area contributed by atoms with Crippen LogP contribution in [0.5, 0.6) is 0 Å². The number of rotatable bonds is 2. The molecule has 0 aromatic carbocycles. The Morgan fingerprint density at radius 1 is 1.67 bits per heavy atom. The molecule has 2 heterocycles. The number of hydrogen-bond acceptors (Lipinski definition) is 3. The van der Waals surface area contributed by atoms with Crippen LogP contribution in [0.15, 0.2) is 24.5 Å². The van der Waals surface area contributed by atoms with Crippen LogP contribution in [0, 0.1) is 3.57 Å². The third-order valence-corrected chi connectivity index (χ3v) is 2.70. The first-order valence-electron chi connectivity index (χ1n) is 4.39. The number of aromatic nitrogens is 2. The zero-order chi connectivity index (χ0) is 10.8. The molecule has 0 aliphatic carbocycles. The second kappa shape index (κ2) is 4.18. The maximum Gasteiger partial charge on any atom is 0.311 e. The van der Waals surface area contributed by atoms with E-state index in [4.69, 9.17) is 0 Å². The van der Waals surface area contributed by atoms with E-state index in [2.05, 4.69) is 32.3 Å². The molecule has 0 atom stereocenters. The Morgan fingerprint density at radius 3 is 3.20 bits per heavy atom. The fourth-order valence-corrected chi connectivity index (χ4v) is 1.75. The first kappa shape index (κ1) is 10.4. The molecule has 2 rings (SSSR count). The predicted octanol–water partition coefficient (Wildman–Crippen LogP) is 1.65. The van der Waals surface area contributed by atoms with Crippen molar-refractivity contribution in [3.05, 3.63) is 33.8 Å². The van der Waals surface area contributed by atoms with Gasteiger partial charge < -0.3 is 9.14 Å². The summed E-state index contributed by atoms with van der Waals surface area (Å²) >= 11 is 2.23. The van der Waals surface area contributed by atoms with Gasteiger partial charge in [0.15, 0.2) is 0 Å². The van der Waals surface area contributed by atoms with Gasteiger partial charge in [-0.05, 0) is 34.7 Å². The SMILES string of the molecule is COC(=O)Cc1cn2ccc(I)cc2n1. The van der Waals surface area contributed by atoms with Gasteiger partial charge in [-0.15, -0.1) is 0 Å². The Morgan fingerprint density at radius 2 is 2.47 bits per heavy atom. The summed E-state index contributed by atoms with van der Waals surface area (Å²) in [4.78, 5) is 15.4. The molecule has 0 saturated carbocycles. The van der Waals surface area contributed by atoms with Crippen molar-refractivity contribution in [1.29, 1.82) is 0 Å². The van der Waals surface area contributed by atoms with Crippen molar-refractivity contribution < 1.29 is 9.53 Å². The number of fused-ring (bicyclic) bond motifs is 1. The highest BCUT2D eigenvalue weighted by molar-refractivity contribution is 14.1. The number of esters is 1. The average molecular weight is 316 g/mol. The first-order valence-corrected chi connectivity index (χ1v) is 5.47. The standard InChI is InChI=1S/C10H9IN2O2/c1-15-10(14)5-8-6-13-3-2-7(11)4-9(13)12-8/h2-4,6H,5H2,1H3. The third kappa shape index (κ3) is 2.28. The number of halogens is 1. The number of ether oxygens (including phenoxy) is 1. The molecule has 0 saturated heterocycles. The minimum absolute atomic E-state index is 0.217. The molecule has 2 aromatic rings. The molecular weight excluding hydrogens is 307 g/mol. The fourth-order valence-electron chi connectivity index (χ4n) is 1.31. The molecule has 4 nitrogen and oxygen atoms in total. The Bertz CT molecular complexity index is 507. The number of carbonyl (C=O) groups is 1. The number of methoxy groups -OCH3 is 1. The predicted molar refractivity (Wildman–Crippen MR) is 63.6 cm³/mol. The van der Waals surface area contributed by atoms with Crippen molar-refractivity contribution in [3.8, 4) is 0 Å². The lowest BCUT2D eigenvalue weighted by molar-refractivity contribution is -0.139. The van der Waals surface area contributed by atoms with Crippen LogP contribution >= 0.6 is 22.6 Å². The molecule has 0 aliphatic heterocycles.